The molecule has 0 saturated carbocycles. The molecule has 2 aromatic carbocycles. The molecule has 0 spiro atoms. The SMILES string of the molecule is COC(=O)c1cc(-c2ccccc2)nc2c1c(=O)[nH]c(=S)n2C(C)c1ccccc1. The topological polar surface area (TPSA) is 77.0 Å². The largest absolute Gasteiger partial charge is 0.465 e. The van der Waals surface area contributed by atoms with Crippen LogP contribution >= 0.6 is 12.2 Å². The van der Waals surface area contributed by atoms with E-state index in [0.717, 1.165) is 11.1 Å². The highest BCUT2D eigenvalue weighted by Gasteiger charge is 2.22. The molecule has 4 rings (SSSR count). The molecule has 1 unspecified atom stereocenters. The average molecular weight is 417 g/mol. The van der Waals surface area contributed by atoms with Gasteiger partial charge in [0.2, 0.25) is 0 Å². The second-order valence-corrected chi connectivity index (χ2v) is 7.21. The normalized spacial score (nSPS) is 11.9. The standard InChI is InChI=1S/C23H19N3O3S/c1-14(15-9-5-3-6-10-15)26-20-19(21(27)25-23(26)30)17(22(28)29-2)13-18(24-20)16-11-7-4-8-12-16/h3-14H,1-2H3,(H,25,27,30). The van der Waals surface area contributed by atoms with Crippen molar-refractivity contribution in [1.29, 1.82) is 0 Å². The lowest BCUT2D eigenvalue weighted by Gasteiger charge is -2.20. The minimum atomic E-state index is -0.610. The summed E-state index contributed by atoms with van der Waals surface area (Å²) in [5.74, 6) is -0.610. The summed E-state index contributed by atoms with van der Waals surface area (Å²) in [5, 5.41) is 0.151. The number of H-pyrrole nitrogens is 1. The van der Waals surface area contributed by atoms with Gasteiger partial charge < -0.3 is 4.74 Å². The van der Waals surface area contributed by atoms with Gasteiger partial charge in [0.1, 0.15) is 5.65 Å². The maximum Gasteiger partial charge on any atom is 0.338 e. The molecule has 7 heteroatoms. The Balaban J connectivity index is 2.11. The molecule has 0 bridgehead atoms. The number of carbonyl (C=O) groups excluding carboxylic acids is 1. The van der Waals surface area contributed by atoms with Gasteiger partial charge in [-0.15, -0.1) is 0 Å². The quantitative estimate of drug-likeness (QED) is 0.390. The van der Waals surface area contributed by atoms with E-state index in [4.69, 9.17) is 21.9 Å². The molecule has 6 nitrogen and oxygen atoms in total. The van der Waals surface area contributed by atoms with Crippen LogP contribution in [0.4, 0.5) is 0 Å². The predicted molar refractivity (Wildman–Crippen MR) is 118 cm³/mol. The highest BCUT2D eigenvalue weighted by Crippen LogP contribution is 2.27. The van der Waals surface area contributed by atoms with E-state index in [-0.39, 0.29) is 21.8 Å². The molecule has 1 N–H and O–H groups in total. The van der Waals surface area contributed by atoms with Crippen LogP contribution in [0.5, 0.6) is 0 Å². The van der Waals surface area contributed by atoms with Crippen LogP contribution in [-0.4, -0.2) is 27.6 Å². The van der Waals surface area contributed by atoms with Gasteiger partial charge in [0.05, 0.1) is 29.8 Å². The molecule has 0 saturated heterocycles. The molecular formula is C23H19N3O3S. The Hall–Kier alpha value is -3.58. The Morgan fingerprint density at radius 2 is 1.73 bits per heavy atom. The summed E-state index contributed by atoms with van der Waals surface area (Å²) in [6.45, 7) is 1.97. The minimum Gasteiger partial charge on any atom is -0.465 e. The van der Waals surface area contributed by atoms with Gasteiger partial charge in [-0.1, -0.05) is 60.7 Å². The fourth-order valence-electron chi connectivity index (χ4n) is 3.51. The van der Waals surface area contributed by atoms with Gasteiger partial charge in [-0.25, -0.2) is 9.78 Å². The van der Waals surface area contributed by atoms with E-state index < -0.39 is 11.5 Å². The van der Waals surface area contributed by atoms with Gasteiger partial charge in [0.15, 0.2) is 4.77 Å². The molecule has 30 heavy (non-hydrogen) atoms. The lowest BCUT2D eigenvalue weighted by atomic mass is 10.1. The summed E-state index contributed by atoms with van der Waals surface area (Å²) in [5.41, 5.74) is 2.37. The van der Waals surface area contributed by atoms with Crippen LogP contribution in [0.2, 0.25) is 0 Å². The van der Waals surface area contributed by atoms with Crippen molar-refractivity contribution in [3.05, 3.63) is 93.0 Å². The first-order chi connectivity index (χ1) is 14.5. The first-order valence-electron chi connectivity index (χ1n) is 9.39. The van der Waals surface area contributed by atoms with Gasteiger partial charge in [-0.3, -0.25) is 14.3 Å². The van der Waals surface area contributed by atoms with Crippen LogP contribution in [0.3, 0.4) is 0 Å². The number of ether oxygens (including phenoxy) is 1. The zero-order valence-electron chi connectivity index (χ0n) is 16.5. The summed E-state index contributed by atoms with van der Waals surface area (Å²) in [6, 6.07) is 20.6. The van der Waals surface area contributed by atoms with Gasteiger partial charge >= 0.3 is 5.97 Å². The summed E-state index contributed by atoms with van der Waals surface area (Å²) in [6.07, 6.45) is 0. The molecule has 1 atom stereocenters. The van der Waals surface area contributed by atoms with Crippen molar-refractivity contribution in [2.24, 2.45) is 0 Å². The lowest BCUT2D eigenvalue weighted by molar-refractivity contribution is 0.0603. The van der Waals surface area contributed by atoms with Crippen molar-refractivity contribution in [2.75, 3.05) is 7.11 Å². The number of methoxy groups -OCH3 is 1. The van der Waals surface area contributed by atoms with Gasteiger partial charge in [0.25, 0.3) is 5.56 Å². The van der Waals surface area contributed by atoms with Gasteiger partial charge in [0, 0.05) is 5.56 Å². The molecule has 4 aromatic rings. The number of aromatic nitrogens is 3. The second kappa shape index (κ2) is 8.04. The summed E-state index contributed by atoms with van der Waals surface area (Å²) in [7, 11) is 1.28. The number of esters is 1. The summed E-state index contributed by atoms with van der Waals surface area (Å²) in [4.78, 5) is 32.8. The average Bonchev–Trinajstić information content (AvgIpc) is 2.78. The first-order valence-corrected chi connectivity index (χ1v) is 9.80. The van der Waals surface area contributed by atoms with E-state index in [1.165, 1.54) is 7.11 Å². The zero-order valence-corrected chi connectivity index (χ0v) is 17.3. The van der Waals surface area contributed by atoms with E-state index in [1.54, 1.807) is 10.6 Å². The number of fused-ring (bicyclic) bond motifs is 1. The molecule has 0 amide bonds. The molecule has 0 aliphatic rings. The zero-order chi connectivity index (χ0) is 21.3. The third kappa shape index (κ3) is 3.44. The smallest absolute Gasteiger partial charge is 0.338 e. The van der Waals surface area contributed by atoms with E-state index in [9.17, 15) is 9.59 Å². The Labute approximate surface area is 177 Å². The van der Waals surface area contributed by atoms with E-state index >= 15 is 0 Å². The van der Waals surface area contributed by atoms with Crippen molar-refractivity contribution in [3.8, 4) is 11.3 Å². The number of pyridine rings is 1. The number of rotatable bonds is 4. The van der Waals surface area contributed by atoms with Crippen LogP contribution in [0, 0.1) is 4.77 Å². The number of hydrogen-bond donors (Lipinski definition) is 1. The van der Waals surface area contributed by atoms with Crippen LogP contribution in [-0.2, 0) is 4.74 Å². The Bertz CT molecular complexity index is 1350. The number of nitrogens with one attached hydrogen (secondary N) is 1. The number of hydrogen-bond acceptors (Lipinski definition) is 5. The Kier molecular flexibility index (Phi) is 5.29. The molecule has 0 fully saturated rings. The molecule has 0 radical (unpaired) electrons. The van der Waals surface area contributed by atoms with Crippen molar-refractivity contribution in [3.63, 3.8) is 0 Å². The second-order valence-electron chi connectivity index (χ2n) is 6.83. The summed E-state index contributed by atoms with van der Waals surface area (Å²) >= 11 is 5.49. The monoisotopic (exact) mass is 417 g/mol. The number of aromatic amines is 1. The third-order valence-corrected chi connectivity index (χ3v) is 5.34. The van der Waals surface area contributed by atoms with E-state index in [2.05, 4.69) is 4.98 Å². The van der Waals surface area contributed by atoms with E-state index in [1.807, 2.05) is 67.6 Å². The van der Waals surface area contributed by atoms with E-state index in [0.29, 0.717) is 11.3 Å². The molecule has 2 heterocycles. The highest BCUT2D eigenvalue weighted by atomic mass is 32.1. The van der Waals surface area contributed by atoms with Gasteiger partial charge in [-0.2, -0.15) is 0 Å². The minimum absolute atomic E-state index is 0.145. The highest BCUT2D eigenvalue weighted by molar-refractivity contribution is 7.71. The Morgan fingerprint density at radius 3 is 2.37 bits per heavy atom. The van der Waals surface area contributed by atoms with Crippen molar-refractivity contribution < 1.29 is 9.53 Å². The molecule has 150 valence electrons. The maximum atomic E-state index is 12.8. The van der Waals surface area contributed by atoms with Crippen molar-refractivity contribution >= 4 is 29.2 Å². The van der Waals surface area contributed by atoms with Crippen LogP contribution in [0.15, 0.2) is 71.5 Å². The molecular weight excluding hydrogens is 398 g/mol. The molecule has 0 aliphatic heterocycles. The fraction of sp³-hybridized carbons (Fsp3) is 0.130. The third-order valence-electron chi connectivity index (χ3n) is 5.04. The maximum absolute atomic E-state index is 12.8. The molecule has 2 aromatic heterocycles. The number of carbonyl (C=O) groups is 1. The fourth-order valence-corrected chi connectivity index (χ4v) is 3.85. The summed E-state index contributed by atoms with van der Waals surface area (Å²) < 4.78 is 6.95. The number of benzene rings is 2. The van der Waals surface area contributed by atoms with Crippen LogP contribution in [0.25, 0.3) is 22.3 Å². The van der Waals surface area contributed by atoms with Gasteiger partial charge in [-0.05, 0) is 30.8 Å². The van der Waals surface area contributed by atoms with Crippen molar-refractivity contribution in [1.82, 2.24) is 14.5 Å². The van der Waals surface area contributed by atoms with Crippen molar-refractivity contribution in [2.45, 2.75) is 13.0 Å². The molecule has 0 aliphatic carbocycles. The van der Waals surface area contributed by atoms with Crippen LogP contribution < -0.4 is 5.56 Å². The van der Waals surface area contributed by atoms with Crippen LogP contribution in [0.1, 0.15) is 28.9 Å². The number of nitrogens with zero attached hydrogens (tertiary/aromatic N) is 2. The predicted octanol–water partition coefficient (Wildman–Crippen LogP) is 4.52. The first kappa shape index (κ1) is 19.7. The lowest BCUT2D eigenvalue weighted by Crippen LogP contribution is -2.21. The Morgan fingerprint density at radius 1 is 1.10 bits per heavy atom.